The number of benzene rings is 8. The van der Waals surface area contributed by atoms with Gasteiger partial charge in [0.25, 0.3) is 0 Å². The van der Waals surface area contributed by atoms with Crippen molar-refractivity contribution in [2.24, 2.45) is 5.92 Å². The summed E-state index contributed by atoms with van der Waals surface area (Å²) in [4.78, 5) is 0. The summed E-state index contributed by atoms with van der Waals surface area (Å²) in [5.41, 5.74) is 16.4. The molecule has 1 heteroatoms. The first-order chi connectivity index (χ1) is 27.9. The zero-order valence-electron chi connectivity index (χ0n) is 32.8. The molecule has 0 spiro atoms. The van der Waals surface area contributed by atoms with Crippen molar-refractivity contribution in [3.63, 3.8) is 0 Å². The standard InChI is InChI=1S/C56H44Si/c1-36-29-49-50(33-47(36)44-27-23-38-17-11-12-20-40(38)31-44)55(39-18-9-6-10-19-39)52-35-54-48(46-21-13-14-22-53(46)57(54,2)3)34-51(52)56(49)45-28-26-42-30-41(24-25-43(42)32-45)37-15-7-4-5-8-16-37/h4-15,17-28,30-36H,16,29H2,1-3H3. The van der Waals surface area contributed by atoms with Crippen molar-refractivity contribution in [3.8, 4) is 33.4 Å². The van der Waals surface area contributed by atoms with E-state index in [0.29, 0.717) is 5.92 Å². The van der Waals surface area contributed by atoms with Crippen LogP contribution in [0.2, 0.25) is 13.1 Å². The van der Waals surface area contributed by atoms with Crippen LogP contribution in [0.15, 0.2) is 176 Å². The Hall–Kier alpha value is -6.28. The zero-order chi connectivity index (χ0) is 38.3. The summed E-state index contributed by atoms with van der Waals surface area (Å²) in [6, 6.07) is 55.7. The van der Waals surface area contributed by atoms with Crippen molar-refractivity contribution in [2.45, 2.75) is 32.9 Å². The molecule has 0 saturated carbocycles. The maximum Gasteiger partial charge on any atom is 0.113 e. The Kier molecular flexibility index (Phi) is 7.85. The highest BCUT2D eigenvalue weighted by Crippen LogP contribution is 2.49. The van der Waals surface area contributed by atoms with Gasteiger partial charge in [0.1, 0.15) is 8.07 Å². The molecule has 11 rings (SSSR count). The molecule has 0 amide bonds. The second kappa shape index (κ2) is 13.2. The number of allylic oxidation sites excluding steroid dienone is 7. The predicted octanol–water partition coefficient (Wildman–Crippen LogP) is 13.9. The Morgan fingerprint density at radius 2 is 1.18 bits per heavy atom. The lowest BCUT2D eigenvalue weighted by atomic mass is 9.74. The molecule has 1 aliphatic heterocycles. The van der Waals surface area contributed by atoms with E-state index in [2.05, 4.69) is 202 Å². The summed E-state index contributed by atoms with van der Waals surface area (Å²) >= 11 is 0. The van der Waals surface area contributed by atoms with Gasteiger partial charge in [-0.05, 0) is 159 Å². The Labute approximate surface area is 336 Å². The highest BCUT2D eigenvalue weighted by Gasteiger charge is 2.38. The quantitative estimate of drug-likeness (QED) is 0.157. The molecule has 57 heavy (non-hydrogen) atoms. The molecule has 1 unspecified atom stereocenters. The summed E-state index contributed by atoms with van der Waals surface area (Å²) in [7, 11) is -1.95. The van der Waals surface area contributed by atoms with Crippen molar-refractivity contribution in [3.05, 3.63) is 198 Å². The minimum Gasteiger partial charge on any atom is -0.0801 e. The van der Waals surface area contributed by atoms with E-state index in [0.717, 1.165) is 12.8 Å². The smallest absolute Gasteiger partial charge is 0.0801 e. The van der Waals surface area contributed by atoms with E-state index >= 15 is 0 Å². The molecule has 8 aromatic carbocycles. The molecule has 272 valence electrons. The van der Waals surface area contributed by atoms with Gasteiger partial charge < -0.3 is 0 Å². The topological polar surface area (TPSA) is 0 Å². The molecule has 0 aromatic heterocycles. The van der Waals surface area contributed by atoms with Crippen LogP contribution in [0.4, 0.5) is 0 Å². The molecule has 3 aliphatic rings. The van der Waals surface area contributed by atoms with Crippen LogP contribution < -0.4 is 10.4 Å². The average Bonchev–Trinajstić information content (AvgIpc) is 3.40. The van der Waals surface area contributed by atoms with Crippen LogP contribution in [0.5, 0.6) is 0 Å². The maximum atomic E-state index is 2.63. The summed E-state index contributed by atoms with van der Waals surface area (Å²) in [6.07, 6.45) is 15.4. The lowest BCUT2D eigenvalue weighted by Crippen LogP contribution is -2.49. The predicted molar refractivity (Wildman–Crippen MR) is 250 cm³/mol. The first-order valence-electron chi connectivity index (χ1n) is 20.5. The molecule has 0 fully saturated rings. The van der Waals surface area contributed by atoms with Crippen LogP contribution in [-0.2, 0) is 6.42 Å². The van der Waals surface area contributed by atoms with Crippen LogP contribution in [0.3, 0.4) is 0 Å². The van der Waals surface area contributed by atoms with E-state index in [-0.39, 0.29) is 0 Å². The molecule has 0 bridgehead atoms. The van der Waals surface area contributed by atoms with Gasteiger partial charge in [0.05, 0.1) is 0 Å². The molecule has 0 radical (unpaired) electrons. The van der Waals surface area contributed by atoms with Gasteiger partial charge in [-0.15, -0.1) is 0 Å². The largest absolute Gasteiger partial charge is 0.113 e. The van der Waals surface area contributed by atoms with Gasteiger partial charge in [0.2, 0.25) is 0 Å². The number of rotatable bonds is 4. The minimum atomic E-state index is -1.95. The fourth-order valence-electron chi connectivity index (χ4n) is 10.2. The normalized spacial score (nSPS) is 16.6. The average molecular weight is 745 g/mol. The van der Waals surface area contributed by atoms with Gasteiger partial charge in [0, 0.05) is 0 Å². The fraction of sp³-hybridized carbons (Fsp3) is 0.107. The molecule has 0 nitrogen and oxygen atoms in total. The van der Waals surface area contributed by atoms with Crippen molar-refractivity contribution in [1.29, 1.82) is 0 Å². The third kappa shape index (κ3) is 5.48. The number of hydrogen-bond donors (Lipinski definition) is 0. The third-order valence-electron chi connectivity index (χ3n) is 13.1. The maximum absolute atomic E-state index is 2.63. The highest BCUT2D eigenvalue weighted by atomic mass is 28.3. The van der Waals surface area contributed by atoms with Gasteiger partial charge in [-0.3, -0.25) is 0 Å². The Morgan fingerprint density at radius 3 is 2.04 bits per heavy atom. The fourth-order valence-corrected chi connectivity index (χ4v) is 13.3. The van der Waals surface area contributed by atoms with Crippen molar-refractivity contribution in [1.82, 2.24) is 0 Å². The minimum absolute atomic E-state index is 0.346. The zero-order valence-corrected chi connectivity index (χ0v) is 33.8. The molecular weight excluding hydrogens is 701 g/mol. The van der Waals surface area contributed by atoms with E-state index in [1.165, 1.54) is 99.1 Å². The molecule has 8 aromatic rings. The second-order valence-electron chi connectivity index (χ2n) is 16.9. The SMILES string of the molecule is CC1Cc2c(c(-c3ccccc3)c3cc4c(cc3c2-c2ccc3cc(C5=CC=CC=CC5)ccc3c2)-c2ccccc2[Si]4(C)C)C=C1c1ccc2ccccc2c1. The van der Waals surface area contributed by atoms with Gasteiger partial charge in [0.15, 0.2) is 0 Å². The van der Waals surface area contributed by atoms with Crippen molar-refractivity contribution < 1.29 is 0 Å². The van der Waals surface area contributed by atoms with E-state index in [9.17, 15) is 0 Å². The Morgan fingerprint density at radius 1 is 0.509 bits per heavy atom. The van der Waals surface area contributed by atoms with Gasteiger partial charge in [-0.2, -0.15) is 0 Å². The van der Waals surface area contributed by atoms with Crippen molar-refractivity contribution >= 4 is 68.0 Å². The lowest BCUT2D eigenvalue weighted by molar-refractivity contribution is 0.740. The van der Waals surface area contributed by atoms with Crippen LogP contribution >= 0.6 is 0 Å². The summed E-state index contributed by atoms with van der Waals surface area (Å²) in [5.74, 6) is 0.346. The van der Waals surface area contributed by atoms with E-state index in [1.807, 2.05) is 0 Å². The summed E-state index contributed by atoms with van der Waals surface area (Å²) in [6.45, 7) is 7.51. The Bertz CT molecular complexity index is 3090. The van der Waals surface area contributed by atoms with Crippen molar-refractivity contribution in [2.75, 3.05) is 0 Å². The van der Waals surface area contributed by atoms with E-state index in [4.69, 9.17) is 0 Å². The third-order valence-corrected chi connectivity index (χ3v) is 16.7. The highest BCUT2D eigenvalue weighted by molar-refractivity contribution is 7.04. The Balaban J connectivity index is 1.21. The number of hydrogen-bond acceptors (Lipinski definition) is 0. The molecule has 1 atom stereocenters. The summed E-state index contributed by atoms with van der Waals surface area (Å²) < 4.78 is 0. The van der Waals surface area contributed by atoms with Gasteiger partial charge >= 0.3 is 0 Å². The monoisotopic (exact) mass is 744 g/mol. The summed E-state index contributed by atoms with van der Waals surface area (Å²) in [5, 5.41) is 11.0. The molecule has 0 saturated heterocycles. The second-order valence-corrected chi connectivity index (χ2v) is 21.2. The van der Waals surface area contributed by atoms with E-state index in [1.54, 1.807) is 10.4 Å². The molecule has 0 N–H and O–H groups in total. The lowest BCUT2D eigenvalue weighted by Gasteiger charge is -2.30. The van der Waals surface area contributed by atoms with Gasteiger partial charge in [-0.1, -0.05) is 172 Å². The molecule has 2 aliphatic carbocycles. The van der Waals surface area contributed by atoms with E-state index < -0.39 is 8.07 Å². The van der Waals surface area contributed by atoms with Crippen LogP contribution in [0.1, 0.15) is 35.6 Å². The molecule has 1 heterocycles. The molecular formula is C56H44Si. The van der Waals surface area contributed by atoms with Crippen LogP contribution in [0.25, 0.3) is 82.9 Å². The van der Waals surface area contributed by atoms with Crippen LogP contribution in [0, 0.1) is 5.92 Å². The first-order valence-corrected chi connectivity index (χ1v) is 23.5. The first kappa shape index (κ1) is 34.0. The number of fused-ring (bicyclic) bond motifs is 7. The van der Waals surface area contributed by atoms with Crippen LogP contribution in [-0.4, -0.2) is 8.07 Å². The van der Waals surface area contributed by atoms with Gasteiger partial charge in [-0.25, -0.2) is 0 Å².